The Labute approximate surface area is 115 Å². The molecule has 0 saturated carbocycles. The van der Waals surface area contributed by atoms with Gasteiger partial charge in [-0.25, -0.2) is 4.63 Å². The summed E-state index contributed by atoms with van der Waals surface area (Å²) >= 11 is 0. The number of aromatic nitrogens is 3. The number of carbonyl (C=O) groups is 1. The van der Waals surface area contributed by atoms with Gasteiger partial charge < -0.3 is 9.88 Å². The summed E-state index contributed by atoms with van der Waals surface area (Å²) in [5, 5.41) is 9.93. The molecule has 106 valence electrons. The van der Waals surface area contributed by atoms with E-state index in [1.165, 1.54) is 6.07 Å². The van der Waals surface area contributed by atoms with E-state index in [-0.39, 0.29) is 17.7 Å². The van der Waals surface area contributed by atoms with Crippen LogP contribution in [-0.2, 0) is 13.1 Å². The highest BCUT2D eigenvalue weighted by atomic mass is 16.6. The molecule has 7 nitrogen and oxygen atoms in total. The molecule has 0 aromatic carbocycles. The highest BCUT2D eigenvalue weighted by molar-refractivity contribution is 5.93. The molecule has 0 spiro atoms. The lowest BCUT2D eigenvalue weighted by molar-refractivity contribution is 0.0948. The Balaban J connectivity index is 2.18. The Bertz CT molecular complexity index is 687. The van der Waals surface area contributed by atoms with Crippen molar-refractivity contribution in [3.63, 3.8) is 0 Å². The molecule has 7 heteroatoms. The number of nitrogens with one attached hydrogen (secondary N) is 1. The molecule has 0 saturated heterocycles. The van der Waals surface area contributed by atoms with Crippen LogP contribution in [0.15, 0.2) is 21.6 Å². The predicted octanol–water partition coefficient (Wildman–Crippen LogP) is 0.798. The number of amides is 1. The van der Waals surface area contributed by atoms with E-state index in [9.17, 15) is 9.59 Å². The smallest absolute Gasteiger partial charge is 0.263 e. The van der Waals surface area contributed by atoms with Gasteiger partial charge in [-0.1, -0.05) is 10.3 Å². The second kappa shape index (κ2) is 5.68. The van der Waals surface area contributed by atoms with Crippen molar-refractivity contribution in [3.8, 4) is 0 Å². The number of aryl methyl sites for hydroxylation is 2. The van der Waals surface area contributed by atoms with Gasteiger partial charge in [0.25, 0.3) is 11.5 Å². The van der Waals surface area contributed by atoms with Gasteiger partial charge in [0.05, 0.1) is 6.54 Å². The minimum atomic E-state index is -0.431. The van der Waals surface area contributed by atoms with Crippen LogP contribution in [0.2, 0.25) is 0 Å². The van der Waals surface area contributed by atoms with E-state index < -0.39 is 5.91 Å². The lowest BCUT2D eigenvalue weighted by Crippen LogP contribution is -2.33. The number of carbonyl (C=O) groups excluding carboxylic acids is 1. The summed E-state index contributed by atoms with van der Waals surface area (Å²) < 4.78 is 6.10. The summed E-state index contributed by atoms with van der Waals surface area (Å²) in [6.07, 6.45) is 0. The summed E-state index contributed by atoms with van der Waals surface area (Å²) in [6, 6.07) is 3.29. The van der Waals surface area contributed by atoms with Gasteiger partial charge in [0.1, 0.15) is 17.0 Å². The van der Waals surface area contributed by atoms with Crippen molar-refractivity contribution in [3.05, 3.63) is 45.1 Å². The van der Waals surface area contributed by atoms with E-state index in [0.717, 1.165) is 5.69 Å². The maximum Gasteiger partial charge on any atom is 0.263 e. The zero-order valence-electron chi connectivity index (χ0n) is 11.6. The third-order valence-corrected chi connectivity index (χ3v) is 3.12. The monoisotopic (exact) mass is 276 g/mol. The molecule has 0 aliphatic carbocycles. The zero-order chi connectivity index (χ0) is 14.7. The minimum Gasteiger partial charge on any atom is -0.346 e. The zero-order valence-corrected chi connectivity index (χ0v) is 11.6. The Kier molecular flexibility index (Phi) is 3.97. The first-order chi connectivity index (χ1) is 9.54. The standard InChI is InChI=1S/C13H16N4O3/c1-4-17-8(2)5-6-10(13(17)19)12(18)14-7-11-9(3)15-20-16-11/h5-6H,4,7H2,1-3H3,(H,14,18). The normalized spacial score (nSPS) is 10.6. The maximum absolute atomic E-state index is 12.1. The van der Waals surface area contributed by atoms with E-state index in [4.69, 9.17) is 0 Å². The van der Waals surface area contributed by atoms with Gasteiger partial charge in [-0.05, 0) is 32.9 Å². The molecule has 1 amide bonds. The fourth-order valence-corrected chi connectivity index (χ4v) is 1.91. The first-order valence-corrected chi connectivity index (χ1v) is 6.31. The first kappa shape index (κ1) is 14.0. The van der Waals surface area contributed by atoms with Crippen molar-refractivity contribution in [2.75, 3.05) is 0 Å². The van der Waals surface area contributed by atoms with Crippen molar-refractivity contribution in [1.82, 2.24) is 20.2 Å². The molecule has 2 heterocycles. The van der Waals surface area contributed by atoms with Crippen LogP contribution in [0.3, 0.4) is 0 Å². The summed E-state index contributed by atoms with van der Waals surface area (Å²) in [6.45, 7) is 6.12. The van der Waals surface area contributed by atoms with E-state index in [1.54, 1.807) is 17.6 Å². The average Bonchev–Trinajstić information content (AvgIpc) is 2.82. The van der Waals surface area contributed by atoms with Crippen LogP contribution < -0.4 is 10.9 Å². The topological polar surface area (TPSA) is 90.0 Å². The van der Waals surface area contributed by atoms with Gasteiger partial charge in [0.15, 0.2) is 0 Å². The predicted molar refractivity (Wildman–Crippen MR) is 71.3 cm³/mol. The molecule has 2 rings (SSSR count). The molecule has 0 fully saturated rings. The fraction of sp³-hybridized carbons (Fsp3) is 0.385. The molecule has 2 aromatic rings. The second-order valence-electron chi connectivity index (χ2n) is 4.42. The Morgan fingerprint density at radius 1 is 1.35 bits per heavy atom. The third kappa shape index (κ3) is 2.61. The molecule has 1 N–H and O–H groups in total. The highest BCUT2D eigenvalue weighted by Crippen LogP contribution is 2.02. The van der Waals surface area contributed by atoms with Crippen molar-refractivity contribution in [2.24, 2.45) is 0 Å². The van der Waals surface area contributed by atoms with Gasteiger partial charge in [-0.3, -0.25) is 9.59 Å². The Hall–Kier alpha value is -2.44. The van der Waals surface area contributed by atoms with Crippen LogP contribution in [0.4, 0.5) is 0 Å². The Morgan fingerprint density at radius 2 is 2.10 bits per heavy atom. The summed E-state index contributed by atoms with van der Waals surface area (Å²) in [4.78, 5) is 24.2. The van der Waals surface area contributed by atoms with Crippen molar-refractivity contribution >= 4 is 5.91 Å². The minimum absolute atomic E-state index is 0.117. The Morgan fingerprint density at radius 3 is 2.70 bits per heavy atom. The number of nitrogens with zero attached hydrogens (tertiary/aromatic N) is 3. The van der Waals surface area contributed by atoms with Gasteiger partial charge in [-0.15, -0.1) is 0 Å². The maximum atomic E-state index is 12.1. The number of rotatable bonds is 4. The van der Waals surface area contributed by atoms with Crippen LogP contribution in [-0.4, -0.2) is 20.8 Å². The molecule has 2 aromatic heterocycles. The van der Waals surface area contributed by atoms with E-state index in [0.29, 0.717) is 17.9 Å². The molecular formula is C13H16N4O3. The fourth-order valence-electron chi connectivity index (χ4n) is 1.91. The van der Waals surface area contributed by atoms with Crippen LogP contribution in [0.5, 0.6) is 0 Å². The molecule has 0 bridgehead atoms. The van der Waals surface area contributed by atoms with Crippen LogP contribution >= 0.6 is 0 Å². The van der Waals surface area contributed by atoms with E-state index >= 15 is 0 Å². The average molecular weight is 276 g/mol. The van der Waals surface area contributed by atoms with Crippen LogP contribution in [0.25, 0.3) is 0 Å². The molecular weight excluding hydrogens is 260 g/mol. The summed E-state index contributed by atoms with van der Waals surface area (Å²) in [5.74, 6) is -0.431. The number of hydrogen-bond acceptors (Lipinski definition) is 5. The van der Waals surface area contributed by atoms with Crippen LogP contribution in [0.1, 0.15) is 34.4 Å². The molecule has 0 radical (unpaired) electrons. The van der Waals surface area contributed by atoms with Crippen molar-refractivity contribution < 1.29 is 9.42 Å². The lowest BCUT2D eigenvalue weighted by atomic mass is 10.2. The summed E-state index contributed by atoms with van der Waals surface area (Å²) in [5.41, 5.74) is 1.80. The molecule has 20 heavy (non-hydrogen) atoms. The molecule has 0 unspecified atom stereocenters. The lowest BCUT2D eigenvalue weighted by Gasteiger charge is -2.09. The van der Waals surface area contributed by atoms with Crippen molar-refractivity contribution in [1.29, 1.82) is 0 Å². The van der Waals surface area contributed by atoms with Gasteiger partial charge in [0.2, 0.25) is 0 Å². The summed E-state index contributed by atoms with van der Waals surface area (Å²) in [7, 11) is 0. The van der Waals surface area contributed by atoms with Crippen molar-refractivity contribution in [2.45, 2.75) is 33.9 Å². The third-order valence-electron chi connectivity index (χ3n) is 3.12. The van der Waals surface area contributed by atoms with Gasteiger partial charge in [-0.2, -0.15) is 0 Å². The highest BCUT2D eigenvalue weighted by Gasteiger charge is 2.14. The quantitative estimate of drug-likeness (QED) is 0.892. The molecule has 0 aliphatic rings. The van der Waals surface area contributed by atoms with Gasteiger partial charge >= 0.3 is 0 Å². The second-order valence-corrected chi connectivity index (χ2v) is 4.42. The van der Waals surface area contributed by atoms with Gasteiger partial charge in [0, 0.05) is 12.2 Å². The molecule has 0 aliphatic heterocycles. The first-order valence-electron chi connectivity index (χ1n) is 6.31. The molecule has 0 atom stereocenters. The van der Waals surface area contributed by atoms with E-state index in [1.807, 2.05) is 13.8 Å². The van der Waals surface area contributed by atoms with Crippen LogP contribution in [0, 0.1) is 13.8 Å². The number of hydrogen-bond donors (Lipinski definition) is 1. The van der Waals surface area contributed by atoms with E-state index in [2.05, 4.69) is 20.3 Å². The largest absolute Gasteiger partial charge is 0.346 e. The number of pyridine rings is 1. The SMILES string of the molecule is CCn1c(C)ccc(C(=O)NCc2nonc2C)c1=O.